The Bertz CT molecular complexity index is 493. The largest absolute Gasteiger partial charge is 0.398 e. The summed E-state index contributed by atoms with van der Waals surface area (Å²) in [5.74, 6) is -1.02. The highest BCUT2D eigenvalue weighted by Gasteiger charge is 2.23. The highest BCUT2D eigenvalue weighted by atomic mass is 19.1. The molecule has 1 aliphatic rings. The molecule has 0 aromatic heterocycles. The van der Waals surface area contributed by atoms with Crippen LogP contribution in [0, 0.1) is 11.7 Å². The minimum Gasteiger partial charge on any atom is -0.398 e. The fourth-order valence-corrected chi connectivity index (χ4v) is 2.47. The van der Waals surface area contributed by atoms with E-state index in [0.29, 0.717) is 18.8 Å². The summed E-state index contributed by atoms with van der Waals surface area (Å²) in [5.41, 5.74) is 11.3. The number of nitrogens with zero attached hydrogens (tertiary/aromatic N) is 1. The van der Waals surface area contributed by atoms with Crippen molar-refractivity contribution >= 4 is 17.3 Å². The van der Waals surface area contributed by atoms with E-state index in [9.17, 15) is 14.3 Å². The van der Waals surface area contributed by atoms with Crippen molar-refractivity contribution in [3.8, 4) is 0 Å². The molecule has 0 aliphatic carbocycles. The van der Waals surface area contributed by atoms with E-state index in [1.54, 1.807) is 0 Å². The van der Waals surface area contributed by atoms with Gasteiger partial charge < -0.3 is 21.5 Å². The van der Waals surface area contributed by atoms with E-state index in [0.717, 1.165) is 18.9 Å². The standard InChI is InChI=1S/C13H18FN3O2/c14-10-5-11(15)9(13(16)19)4-12(10)17-3-1-2-8(6-17)7-18/h4-5,8,18H,1-3,6-7,15H2,(H2,16,19). The van der Waals surface area contributed by atoms with Gasteiger partial charge in [-0.15, -0.1) is 0 Å². The lowest BCUT2D eigenvalue weighted by Crippen LogP contribution is -2.37. The number of primary amides is 1. The van der Waals surface area contributed by atoms with Crippen molar-refractivity contribution in [2.45, 2.75) is 12.8 Å². The van der Waals surface area contributed by atoms with E-state index < -0.39 is 11.7 Å². The van der Waals surface area contributed by atoms with E-state index in [1.807, 2.05) is 4.90 Å². The van der Waals surface area contributed by atoms with Crippen LogP contribution in [0.25, 0.3) is 0 Å². The van der Waals surface area contributed by atoms with Gasteiger partial charge in [-0.2, -0.15) is 0 Å². The predicted molar refractivity (Wildman–Crippen MR) is 71.4 cm³/mol. The maximum absolute atomic E-state index is 14.0. The zero-order chi connectivity index (χ0) is 14.0. The lowest BCUT2D eigenvalue weighted by atomic mass is 9.98. The van der Waals surface area contributed by atoms with Gasteiger partial charge in [0.15, 0.2) is 0 Å². The van der Waals surface area contributed by atoms with Gasteiger partial charge in [-0.1, -0.05) is 0 Å². The molecule has 6 heteroatoms. The van der Waals surface area contributed by atoms with Crippen LogP contribution in [-0.4, -0.2) is 30.7 Å². The van der Waals surface area contributed by atoms with Gasteiger partial charge in [-0.3, -0.25) is 4.79 Å². The average molecular weight is 267 g/mol. The molecule has 1 unspecified atom stereocenters. The van der Waals surface area contributed by atoms with Crippen LogP contribution in [0.15, 0.2) is 12.1 Å². The number of carbonyl (C=O) groups is 1. The molecule has 104 valence electrons. The molecule has 0 saturated carbocycles. The first-order chi connectivity index (χ1) is 9.02. The number of halogens is 1. The molecule has 5 nitrogen and oxygen atoms in total. The third-order valence-corrected chi connectivity index (χ3v) is 3.50. The number of amides is 1. The summed E-state index contributed by atoms with van der Waals surface area (Å²) in [6.45, 7) is 1.33. The van der Waals surface area contributed by atoms with Gasteiger partial charge in [0.05, 0.1) is 11.3 Å². The third kappa shape index (κ3) is 2.78. The SMILES string of the molecule is NC(=O)c1cc(N2CCCC(CO)C2)c(F)cc1N. The minimum absolute atomic E-state index is 0.0458. The number of nitrogens with two attached hydrogens (primary N) is 2. The molecule has 1 fully saturated rings. The van der Waals surface area contributed by atoms with E-state index in [1.165, 1.54) is 6.07 Å². The third-order valence-electron chi connectivity index (χ3n) is 3.50. The van der Waals surface area contributed by atoms with Gasteiger partial charge in [-0.25, -0.2) is 4.39 Å². The van der Waals surface area contributed by atoms with Crippen LogP contribution in [0.5, 0.6) is 0 Å². The Labute approximate surface area is 111 Å². The predicted octanol–water partition coefficient (Wildman–Crippen LogP) is 0.716. The van der Waals surface area contributed by atoms with Gasteiger partial charge >= 0.3 is 0 Å². The van der Waals surface area contributed by atoms with Crippen LogP contribution in [0.2, 0.25) is 0 Å². The molecule has 0 bridgehead atoms. The molecule has 1 amide bonds. The summed E-state index contributed by atoms with van der Waals surface area (Å²) >= 11 is 0. The quantitative estimate of drug-likeness (QED) is 0.703. The van der Waals surface area contributed by atoms with Crippen LogP contribution in [-0.2, 0) is 0 Å². The van der Waals surface area contributed by atoms with Crippen molar-refractivity contribution in [3.05, 3.63) is 23.5 Å². The molecule has 0 radical (unpaired) electrons. The average Bonchev–Trinajstić information content (AvgIpc) is 2.38. The lowest BCUT2D eigenvalue weighted by Gasteiger charge is -2.34. The number of piperidine rings is 1. The maximum Gasteiger partial charge on any atom is 0.250 e. The summed E-state index contributed by atoms with van der Waals surface area (Å²) in [4.78, 5) is 13.1. The highest BCUT2D eigenvalue weighted by molar-refractivity contribution is 5.99. The second-order valence-electron chi connectivity index (χ2n) is 4.89. The number of aliphatic hydroxyl groups is 1. The first-order valence-electron chi connectivity index (χ1n) is 6.27. The van der Waals surface area contributed by atoms with Gasteiger partial charge in [0.2, 0.25) is 0 Å². The molecule has 1 saturated heterocycles. The normalized spacial score (nSPS) is 19.5. The van der Waals surface area contributed by atoms with E-state index >= 15 is 0 Å². The van der Waals surface area contributed by atoms with E-state index in [4.69, 9.17) is 11.5 Å². The minimum atomic E-state index is -0.672. The Morgan fingerprint density at radius 1 is 1.53 bits per heavy atom. The summed E-state index contributed by atoms with van der Waals surface area (Å²) < 4.78 is 14.0. The molecular formula is C13H18FN3O2. The van der Waals surface area contributed by atoms with Crippen molar-refractivity contribution in [1.29, 1.82) is 0 Å². The fraction of sp³-hybridized carbons (Fsp3) is 0.462. The summed E-state index contributed by atoms with van der Waals surface area (Å²) in [7, 11) is 0. The van der Waals surface area contributed by atoms with Gasteiger partial charge in [0.25, 0.3) is 5.91 Å². The first-order valence-corrected chi connectivity index (χ1v) is 6.27. The van der Waals surface area contributed by atoms with E-state index in [2.05, 4.69) is 0 Å². The zero-order valence-corrected chi connectivity index (χ0v) is 10.6. The van der Waals surface area contributed by atoms with Crippen LogP contribution < -0.4 is 16.4 Å². The Kier molecular flexibility index (Phi) is 3.90. The van der Waals surface area contributed by atoms with Crippen LogP contribution in [0.1, 0.15) is 23.2 Å². The van der Waals surface area contributed by atoms with Crippen LogP contribution >= 0.6 is 0 Å². The van der Waals surface area contributed by atoms with Gasteiger partial charge in [0, 0.05) is 25.4 Å². The Hall–Kier alpha value is -1.82. The molecule has 1 heterocycles. The highest BCUT2D eigenvalue weighted by Crippen LogP contribution is 2.29. The van der Waals surface area contributed by atoms with Gasteiger partial charge in [-0.05, 0) is 30.9 Å². The number of rotatable bonds is 3. The Balaban J connectivity index is 2.33. The van der Waals surface area contributed by atoms with Crippen molar-refractivity contribution < 1.29 is 14.3 Å². The first kappa shape index (κ1) is 13.6. The molecule has 5 N–H and O–H groups in total. The van der Waals surface area contributed by atoms with Crippen molar-refractivity contribution in [2.75, 3.05) is 30.3 Å². The smallest absolute Gasteiger partial charge is 0.250 e. The fourth-order valence-electron chi connectivity index (χ4n) is 2.47. The number of hydrogen-bond acceptors (Lipinski definition) is 4. The lowest BCUT2D eigenvalue weighted by molar-refractivity contribution is 0.100. The zero-order valence-electron chi connectivity index (χ0n) is 10.6. The molecule has 1 aromatic rings. The molecular weight excluding hydrogens is 249 g/mol. The molecule has 1 aromatic carbocycles. The van der Waals surface area contributed by atoms with Crippen LogP contribution in [0.3, 0.4) is 0 Å². The number of anilines is 2. The second-order valence-corrected chi connectivity index (χ2v) is 4.89. The molecule has 2 rings (SSSR count). The number of nitrogen functional groups attached to an aromatic ring is 1. The van der Waals surface area contributed by atoms with E-state index in [-0.39, 0.29) is 23.8 Å². The Morgan fingerprint density at radius 2 is 2.26 bits per heavy atom. The maximum atomic E-state index is 14.0. The van der Waals surface area contributed by atoms with Crippen molar-refractivity contribution in [2.24, 2.45) is 11.7 Å². The Morgan fingerprint density at radius 3 is 2.89 bits per heavy atom. The van der Waals surface area contributed by atoms with Crippen molar-refractivity contribution in [3.63, 3.8) is 0 Å². The second kappa shape index (κ2) is 5.44. The molecule has 0 spiro atoms. The number of carbonyl (C=O) groups excluding carboxylic acids is 1. The summed E-state index contributed by atoms with van der Waals surface area (Å²) in [6, 6.07) is 2.52. The summed E-state index contributed by atoms with van der Waals surface area (Å²) in [6.07, 6.45) is 1.80. The number of aliphatic hydroxyl groups excluding tert-OH is 1. The van der Waals surface area contributed by atoms with Crippen LogP contribution in [0.4, 0.5) is 15.8 Å². The topological polar surface area (TPSA) is 92.6 Å². The number of benzene rings is 1. The van der Waals surface area contributed by atoms with Gasteiger partial charge in [0.1, 0.15) is 5.82 Å². The number of hydrogen-bond donors (Lipinski definition) is 3. The molecule has 19 heavy (non-hydrogen) atoms. The molecule has 1 atom stereocenters. The summed E-state index contributed by atoms with van der Waals surface area (Å²) in [5, 5.41) is 9.20. The molecule has 1 aliphatic heterocycles. The monoisotopic (exact) mass is 267 g/mol. The van der Waals surface area contributed by atoms with Crippen molar-refractivity contribution in [1.82, 2.24) is 0 Å².